The number of amides is 1. The number of hydrogen-bond donors (Lipinski definition) is 0. The molecule has 0 spiro atoms. The molecule has 3 aromatic rings. The summed E-state index contributed by atoms with van der Waals surface area (Å²) in [6.07, 6.45) is 3.40. The van der Waals surface area contributed by atoms with Gasteiger partial charge in [0.25, 0.3) is 0 Å². The number of likely N-dealkylation sites (tertiary alicyclic amines) is 1. The molecule has 0 aliphatic carbocycles. The second kappa shape index (κ2) is 8.23. The van der Waals surface area contributed by atoms with Gasteiger partial charge in [0, 0.05) is 55.2 Å². The van der Waals surface area contributed by atoms with Crippen molar-refractivity contribution in [3.63, 3.8) is 0 Å². The number of carbonyl (C=O) groups is 1. The SMILES string of the molecule is Cc1cc(C2=NCc3cc4c(cc32)CN([C@@H]2CCN(Cc3ccccc3)C2)C(=O)C4)ccn1. The molecule has 4 heterocycles. The number of benzene rings is 2. The van der Waals surface area contributed by atoms with Crippen LogP contribution in [-0.2, 0) is 30.8 Å². The van der Waals surface area contributed by atoms with Gasteiger partial charge in [-0.3, -0.25) is 19.7 Å². The standard InChI is InChI=1S/C28H28N4O/c1-19-11-21(7-9-29-19)28-26-13-24-17-32(27(33)14-22(24)12-23(26)15-30-28)25-8-10-31(18-25)16-20-5-3-2-4-6-20/h2-7,9,11-13,25H,8,10,14-18H2,1H3/t25-/m1/s1. The van der Waals surface area contributed by atoms with Gasteiger partial charge in [0.15, 0.2) is 0 Å². The van der Waals surface area contributed by atoms with Crippen molar-refractivity contribution in [1.82, 2.24) is 14.8 Å². The molecule has 0 bridgehead atoms. The number of fused-ring (bicyclic) bond motifs is 2. The van der Waals surface area contributed by atoms with Crippen LogP contribution in [0.1, 0.15) is 45.5 Å². The van der Waals surface area contributed by atoms with Crippen LogP contribution in [0, 0.1) is 6.92 Å². The highest BCUT2D eigenvalue weighted by molar-refractivity contribution is 6.15. The van der Waals surface area contributed by atoms with Gasteiger partial charge in [-0.15, -0.1) is 0 Å². The molecule has 0 radical (unpaired) electrons. The fourth-order valence-electron chi connectivity index (χ4n) is 5.51. The van der Waals surface area contributed by atoms with Gasteiger partial charge < -0.3 is 4.90 Å². The second-order valence-electron chi connectivity index (χ2n) is 9.49. The topological polar surface area (TPSA) is 48.8 Å². The molecular formula is C28H28N4O. The molecular weight excluding hydrogens is 408 g/mol. The van der Waals surface area contributed by atoms with Gasteiger partial charge in [-0.25, -0.2) is 0 Å². The Labute approximate surface area is 194 Å². The first-order valence-corrected chi connectivity index (χ1v) is 11.8. The van der Waals surface area contributed by atoms with Gasteiger partial charge in [-0.05, 0) is 53.8 Å². The molecule has 1 aromatic heterocycles. The number of pyridine rings is 1. The number of nitrogens with zero attached hydrogens (tertiary/aromatic N) is 4. The third-order valence-corrected chi connectivity index (χ3v) is 7.20. The van der Waals surface area contributed by atoms with E-state index in [0.29, 0.717) is 25.6 Å². The fraction of sp³-hybridized carbons (Fsp3) is 0.321. The van der Waals surface area contributed by atoms with Crippen LogP contribution < -0.4 is 0 Å². The predicted octanol–water partition coefficient (Wildman–Crippen LogP) is 3.90. The molecule has 1 fully saturated rings. The Balaban J connectivity index is 1.22. The second-order valence-corrected chi connectivity index (χ2v) is 9.49. The van der Waals surface area contributed by atoms with Crippen molar-refractivity contribution in [3.8, 4) is 0 Å². The van der Waals surface area contributed by atoms with Crippen molar-refractivity contribution >= 4 is 11.6 Å². The van der Waals surface area contributed by atoms with Crippen molar-refractivity contribution in [1.29, 1.82) is 0 Å². The zero-order chi connectivity index (χ0) is 22.4. The number of aromatic nitrogens is 1. The summed E-state index contributed by atoms with van der Waals surface area (Å²) in [5, 5.41) is 0. The Bertz CT molecular complexity index is 1250. The maximum absolute atomic E-state index is 13.1. The average Bonchev–Trinajstić information content (AvgIpc) is 3.45. The van der Waals surface area contributed by atoms with Gasteiger partial charge in [-0.1, -0.05) is 36.4 Å². The minimum absolute atomic E-state index is 0.262. The Hall–Kier alpha value is -3.31. The number of rotatable bonds is 4. The molecule has 5 nitrogen and oxygen atoms in total. The summed E-state index contributed by atoms with van der Waals surface area (Å²) < 4.78 is 0. The summed E-state index contributed by atoms with van der Waals surface area (Å²) in [6, 6.07) is 19.6. The largest absolute Gasteiger partial charge is 0.334 e. The highest BCUT2D eigenvalue weighted by Gasteiger charge is 2.34. The molecule has 0 unspecified atom stereocenters. The molecule has 5 heteroatoms. The maximum atomic E-state index is 13.1. The molecule has 33 heavy (non-hydrogen) atoms. The van der Waals surface area contributed by atoms with Gasteiger partial charge in [0.05, 0.1) is 18.7 Å². The molecule has 0 saturated carbocycles. The van der Waals surface area contributed by atoms with E-state index in [1.54, 1.807) is 0 Å². The summed E-state index contributed by atoms with van der Waals surface area (Å²) in [4.78, 5) is 26.9. The van der Waals surface area contributed by atoms with E-state index >= 15 is 0 Å². The van der Waals surface area contributed by atoms with Crippen LogP contribution in [0.2, 0.25) is 0 Å². The minimum Gasteiger partial charge on any atom is -0.334 e. The molecule has 1 amide bonds. The number of carbonyl (C=O) groups excluding carboxylic acids is 1. The first kappa shape index (κ1) is 20.3. The Morgan fingerprint density at radius 1 is 1.03 bits per heavy atom. The van der Waals surface area contributed by atoms with Crippen molar-refractivity contribution in [2.45, 2.75) is 45.4 Å². The summed E-state index contributed by atoms with van der Waals surface area (Å²) in [7, 11) is 0. The summed E-state index contributed by atoms with van der Waals surface area (Å²) in [5.74, 6) is 0.262. The Morgan fingerprint density at radius 3 is 2.76 bits per heavy atom. The molecule has 1 saturated heterocycles. The van der Waals surface area contributed by atoms with Crippen LogP contribution in [0.4, 0.5) is 0 Å². The van der Waals surface area contributed by atoms with E-state index in [1.807, 2.05) is 19.2 Å². The van der Waals surface area contributed by atoms with E-state index in [4.69, 9.17) is 4.99 Å². The van der Waals surface area contributed by atoms with E-state index < -0.39 is 0 Å². The smallest absolute Gasteiger partial charge is 0.227 e. The van der Waals surface area contributed by atoms with Crippen LogP contribution in [0.25, 0.3) is 0 Å². The monoisotopic (exact) mass is 436 g/mol. The van der Waals surface area contributed by atoms with E-state index in [1.165, 1.54) is 27.8 Å². The average molecular weight is 437 g/mol. The highest BCUT2D eigenvalue weighted by Crippen LogP contribution is 2.32. The van der Waals surface area contributed by atoms with Crippen LogP contribution in [0.15, 0.2) is 65.8 Å². The van der Waals surface area contributed by atoms with E-state index in [0.717, 1.165) is 43.0 Å². The van der Waals surface area contributed by atoms with Crippen LogP contribution >= 0.6 is 0 Å². The molecule has 6 rings (SSSR count). The van der Waals surface area contributed by atoms with Crippen LogP contribution in [-0.4, -0.2) is 45.5 Å². The molecule has 3 aliphatic rings. The first-order valence-electron chi connectivity index (χ1n) is 11.8. The number of aliphatic imine (C=N–C) groups is 1. The van der Waals surface area contributed by atoms with E-state index in [9.17, 15) is 4.79 Å². The predicted molar refractivity (Wildman–Crippen MR) is 129 cm³/mol. The highest BCUT2D eigenvalue weighted by atomic mass is 16.2. The minimum atomic E-state index is 0.262. The van der Waals surface area contributed by atoms with Gasteiger partial charge in [0.1, 0.15) is 0 Å². The molecule has 2 aromatic carbocycles. The van der Waals surface area contributed by atoms with Crippen LogP contribution in [0.3, 0.4) is 0 Å². The van der Waals surface area contributed by atoms with Crippen molar-refractivity contribution in [2.75, 3.05) is 13.1 Å². The third-order valence-electron chi connectivity index (χ3n) is 7.20. The van der Waals surface area contributed by atoms with E-state index in [2.05, 4.69) is 63.3 Å². The maximum Gasteiger partial charge on any atom is 0.227 e. The van der Waals surface area contributed by atoms with E-state index in [-0.39, 0.29) is 5.91 Å². The lowest BCUT2D eigenvalue weighted by atomic mass is 9.90. The lowest BCUT2D eigenvalue weighted by Crippen LogP contribution is -2.44. The quantitative estimate of drug-likeness (QED) is 0.623. The van der Waals surface area contributed by atoms with Crippen molar-refractivity contribution in [3.05, 3.63) is 99.9 Å². The molecule has 1 atom stereocenters. The van der Waals surface area contributed by atoms with Gasteiger partial charge in [0.2, 0.25) is 5.91 Å². The Kier molecular flexibility index (Phi) is 5.07. The fourth-order valence-corrected chi connectivity index (χ4v) is 5.51. The number of hydrogen-bond acceptors (Lipinski definition) is 4. The first-order chi connectivity index (χ1) is 16.1. The van der Waals surface area contributed by atoms with Crippen molar-refractivity contribution in [2.24, 2.45) is 4.99 Å². The molecule has 166 valence electrons. The number of aryl methyl sites for hydroxylation is 1. The normalized spacial score (nSPS) is 20.0. The zero-order valence-electron chi connectivity index (χ0n) is 19.0. The lowest BCUT2D eigenvalue weighted by Gasteiger charge is -2.34. The molecule has 0 N–H and O–H groups in total. The Morgan fingerprint density at radius 2 is 1.91 bits per heavy atom. The zero-order valence-corrected chi connectivity index (χ0v) is 19.0. The lowest BCUT2D eigenvalue weighted by molar-refractivity contribution is -0.134. The summed E-state index contributed by atoms with van der Waals surface area (Å²) in [5.41, 5.74) is 9.41. The van der Waals surface area contributed by atoms with Gasteiger partial charge in [-0.2, -0.15) is 0 Å². The van der Waals surface area contributed by atoms with Crippen LogP contribution in [0.5, 0.6) is 0 Å². The summed E-state index contributed by atoms with van der Waals surface area (Å²) >= 11 is 0. The van der Waals surface area contributed by atoms with Crippen molar-refractivity contribution < 1.29 is 4.79 Å². The molecule has 3 aliphatic heterocycles. The third kappa shape index (κ3) is 3.87. The van der Waals surface area contributed by atoms with Gasteiger partial charge >= 0.3 is 0 Å². The summed E-state index contributed by atoms with van der Waals surface area (Å²) in [6.45, 7) is 6.35.